The van der Waals surface area contributed by atoms with E-state index in [1.807, 2.05) is 0 Å². The Labute approximate surface area is 93.5 Å². The molecule has 2 N–H and O–H groups in total. The molecular formula is C13H25NO. The molecule has 0 aromatic heterocycles. The minimum Gasteiger partial charge on any atom is -0.394 e. The zero-order chi connectivity index (χ0) is 10.7. The molecule has 88 valence electrons. The average molecular weight is 211 g/mol. The van der Waals surface area contributed by atoms with Gasteiger partial charge in [0.05, 0.1) is 6.61 Å². The van der Waals surface area contributed by atoms with Crippen LogP contribution >= 0.6 is 0 Å². The highest BCUT2D eigenvalue weighted by atomic mass is 16.3. The largest absolute Gasteiger partial charge is 0.394 e. The summed E-state index contributed by atoms with van der Waals surface area (Å²) in [7, 11) is 0. The van der Waals surface area contributed by atoms with Crippen LogP contribution in [0.1, 0.15) is 51.9 Å². The number of rotatable bonds is 5. The van der Waals surface area contributed by atoms with Crippen molar-refractivity contribution in [3.8, 4) is 0 Å². The van der Waals surface area contributed by atoms with E-state index in [0.29, 0.717) is 6.61 Å². The minimum atomic E-state index is 0.0776. The van der Waals surface area contributed by atoms with Crippen molar-refractivity contribution >= 4 is 0 Å². The van der Waals surface area contributed by atoms with Gasteiger partial charge in [-0.1, -0.05) is 13.3 Å². The van der Waals surface area contributed by atoms with Crippen LogP contribution in [0.2, 0.25) is 0 Å². The normalized spacial score (nSPS) is 36.8. The van der Waals surface area contributed by atoms with E-state index in [9.17, 15) is 5.11 Å². The van der Waals surface area contributed by atoms with Gasteiger partial charge in [-0.15, -0.1) is 0 Å². The van der Waals surface area contributed by atoms with Crippen LogP contribution in [-0.2, 0) is 0 Å². The maximum atomic E-state index is 9.57. The van der Waals surface area contributed by atoms with Gasteiger partial charge in [0.1, 0.15) is 0 Å². The first-order valence-corrected chi connectivity index (χ1v) is 6.64. The Hall–Kier alpha value is -0.0800. The zero-order valence-electron chi connectivity index (χ0n) is 9.97. The summed E-state index contributed by atoms with van der Waals surface area (Å²) in [6.07, 6.45) is 9.05. The number of hydrogen-bond acceptors (Lipinski definition) is 2. The number of nitrogens with one attached hydrogen (secondary N) is 1. The Kier molecular flexibility index (Phi) is 3.68. The summed E-state index contributed by atoms with van der Waals surface area (Å²) >= 11 is 0. The van der Waals surface area contributed by atoms with Gasteiger partial charge in [0.25, 0.3) is 0 Å². The average Bonchev–Trinajstić information content (AvgIpc) is 3.11. The zero-order valence-corrected chi connectivity index (χ0v) is 9.97. The van der Waals surface area contributed by atoms with Crippen molar-refractivity contribution in [3.05, 3.63) is 0 Å². The summed E-state index contributed by atoms with van der Waals surface area (Å²) in [5.41, 5.74) is 0.0776. The molecule has 0 atom stereocenters. The molecule has 0 aromatic carbocycles. The van der Waals surface area contributed by atoms with Crippen LogP contribution < -0.4 is 5.32 Å². The maximum absolute atomic E-state index is 9.57. The van der Waals surface area contributed by atoms with Crippen molar-refractivity contribution in [2.75, 3.05) is 13.2 Å². The molecule has 0 heterocycles. The van der Waals surface area contributed by atoms with E-state index >= 15 is 0 Å². The molecule has 0 bridgehead atoms. The Morgan fingerprint density at radius 3 is 2.27 bits per heavy atom. The molecule has 0 radical (unpaired) electrons. The highest BCUT2D eigenvalue weighted by Crippen LogP contribution is 2.35. The van der Waals surface area contributed by atoms with E-state index in [4.69, 9.17) is 0 Å². The summed E-state index contributed by atoms with van der Waals surface area (Å²) < 4.78 is 0. The molecule has 0 aliphatic heterocycles. The molecule has 0 amide bonds. The second-order valence-corrected chi connectivity index (χ2v) is 5.61. The van der Waals surface area contributed by atoms with Gasteiger partial charge in [-0.2, -0.15) is 0 Å². The van der Waals surface area contributed by atoms with Crippen molar-refractivity contribution in [2.45, 2.75) is 57.4 Å². The minimum absolute atomic E-state index is 0.0776. The summed E-state index contributed by atoms with van der Waals surface area (Å²) in [6.45, 7) is 3.75. The van der Waals surface area contributed by atoms with Crippen LogP contribution in [-0.4, -0.2) is 23.8 Å². The highest BCUT2D eigenvalue weighted by molar-refractivity contribution is 4.93. The molecule has 0 saturated heterocycles. The van der Waals surface area contributed by atoms with Gasteiger partial charge in [-0.25, -0.2) is 0 Å². The van der Waals surface area contributed by atoms with Crippen molar-refractivity contribution < 1.29 is 5.11 Å². The first-order valence-electron chi connectivity index (χ1n) is 6.64. The molecule has 0 unspecified atom stereocenters. The molecule has 15 heavy (non-hydrogen) atoms. The lowest BCUT2D eigenvalue weighted by atomic mass is 9.76. The molecule has 0 spiro atoms. The lowest BCUT2D eigenvalue weighted by molar-refractivity contribution is 0.100. The van der Waals surface area contributed by atoms with Gasteiger partial charge in [0.2, 0.25) is 0 Å². The van der Waals surface area contributed by atoms with E-state index in [0.717, 1.165) is 18.4 Å². The SMILES string of the molecule is CCC1CCC(CO)(NCC2CC2)CC1. The van der Waals surface area contributed by atoms with Crippen molar-refractivity contribution in [1.29, 1.82) is 0 Å². The topological polar surface area (TPSA) is 32.3 Å². The van der Waals surface area contributed by atoms with Gasteiger partial charge in [-0.05, 0) is 56.9 Å². The first kappa shape index (κ1) is 11.4. The van der Waals surface area contributed by atoms with Crippen LogP contribution in [0.25, 0.3) is 0 Å². The number of aliphatic hydroxyl groups excluding tert-OH is 1. The molecule has 2 heteroatoms. The van der Waals surface area contributed by atoms with Gasteiger partial charge in [-0.3, -0.25) is 0 Å². The number of hydrogen-bond donors (Lipinski definition) is 2. The fraction of sp³-hybridized carbons (Fsp3) is 1.00. The molecule has 2 aliphatic carbocycles. The molecule has 2 aliphatic rings. The van der Waals surface area contributed by atoms with Crippen molar-refractivity contribution in [1.82, 2.24) is 5.32 Å². The highest BCUT2D eigenvalue weighted by Gasteiger charge is 2.35. The van der Waals surface area contributed by atoms with Crippen LogP contribution in [0, 0.1) is 11.8 Å². The fourth-order valence-electron chi connectivity index (χ4n) is 2.71. The second kappa shape index (κ2) is 4.84. The molecule has 2 rings (SSSR count). The van der Waals surface area contributed by atoms with Crippen LogP contribution in [0.3, 0.4) is 0 Å². The molecule has 2 fully saturated rings. The third kappa shape index (κ3) is 2.94. The van der Waals surface area contributed by atoms with Crippen molar-refractivity contribution in [3.63, 3.8) is 0 Å². The van der Waals surface area contributed by atoms with E-state index in [1.165, 1.54) is 44.9 Å². The van der Waals surface area contributed by atoms with E-state index in [2.05, 4.69) is 12.2 Å². The summed E-state index contributed by atoms with van der Waals surface area (Å²) in [5, 5.41) is 13.2. The lowest BCUT2D eigenvalue weighted by Gasteiger charge is -2.39. The van der Waals surface area contributed by atoms with Crippen LogP contribution in [0.5, 0.6) is 0 Å². The van der Waals surface area contributed by atoms with E-state index in [-0.39, 0.29) is 5.54 Å². The Bertz CT molecular complexity index is 193. The molecule has 0 aromatic rings. The third-order valence-corrected chi connectivity index (χ3v) is 4.40. The van der Waals surface area contributed by atoms with E-state index < -0.39 is 0 Å². The third-order valence-electron chi connectivity index (χ3n) is 4.40. The quantitative estimate of drug-likeness (QED) is 0.731. The fourth-order valence-corrected chi connectivity index (χ4v) is 2.71. The second-order valence-electron chi connectivity index (χ2n) is 5.61. The lowest BCUT2D eigenvalue weighted by Crippen LogP contribution is -2.51. The maximum Gasteiger partial charge on any atom is 0.0613 e. The molecule has 2 nitrogen and oxygen atoms in total. The Morgan fingerprint density at radius 2 is 1.80 bits per heavy atom. The summed E-state index contributed by atoms with van der Waals surface area (Å²) in [4.78, 5) is 0. The van der Waals surface area contributed by atoms with E-state index in [1.54, 1.807) is 0 Å². The Balaban J connectivity index is 1.79. The summed E-state index contributed by atoms with van der Waals surface area (Å²) in [6, 6.07) is 0. The molecule has 2 saturated carbocycles. The number of aliphatic hydroxyl groups is 1. The van der Waals surface area contributed by atoms with Gasteiger partial charge in [0, 0.05) is 5.54 Å². The monoisotopic (exact) mass is 211 g/mol. The van der Waals surface area contributed by atoms with Crippen LogP contribution in [0.4, 0.5) is 0 Å². The first-order chi connectivity index (χ1) is 7.28. The van der Waals surface area contributed by atoms with Gasteiger partial charge < -0.3 is 10.4 Å². The van der Waals surface area contributed by atoms with Crippen molar-refractivity contribution in [2.24, 2.45) is 11.8 Å². The Morgan fingerprint density at radius 1 is 1.13 bits per heavy atom. The van der Waals surface area contributed by atoms with Gasteiger partial charge in [0.15, 0.2) is 0 Å². The summed E-state index contributed by atoms with van der Waals surface area (Å²) in [5.74, 6) is 1.82. The van der Waals surface area contributed by atoms with Crippen LogP contribution in [0.15, 0.2) is 0 Å². The predicted octanol–water partition coefficient (Wildman–Crippen LogP) is 2.32. The van der Waals surface area contributed by atoms with Gasteiger partial charge >= 0.3 is 0 Å². The predicted molar refractivity (Wildman–Crippen MR) is 62.8 cm³/mol. The smallest absolute Gasteiger partial charge is 0.0613 e. The standard InChI is InChI=1S/C13H25NO/c1-2-11-5-7-13(10-15,8-6-11)14-9-12-3-4-12/h11-12,14-15H,2-10H2,1H3. The molecular weight excluding hydrogens is 186 g/mol.